The molecule has 11 heteroatoms. The normalized spacial score (nSPS) is 17.9. The Bertz CT molecular complexity index is 1370. The fourth-order valence-electron chi connectivity index (χ4n) is 4.08. The van der Waals surface area contributed by atoms with Gasteiger partial charge in [0.25, 0.3) is 0 Å². The Morgan fingerprint density at radius 1 is 1.09 bits per heavy atom. The van der Waals surface area contributed by atoms with Crippen LogP contribution >= 0.6 is 0 Å². The lowest BCUT2D eigenvalue weighted by molar-refractivity contribution is 0.170. The number of fused-ring (bicyclic) bond motifs is 2. The van der Waals surface area contributed by atoms with Gasteiger partial charge in [-0.3, -0.25) is 4.90 Å². The summed E-state index contributed by atoms with van der Waals surface area (Å²) in [6.07, 6.45) is 0. The maximum atomic E-state index is 13.1. The molecular formula is C23H23N5O5S. The van der Waals surface area contributed by atoms with Gasteiger partial charge in [-0.1, -0.05) is 12.1 Å². The molecular weight excluding hydrogens is 458 g/mol. The van der Waals surface area contributed by atoms with E-state index in [1.54, 1.807) is 6.07 Å². The number of imidazole rings is 1. The highest BCUT2D eigenvalue weighted by molar-refractivity contribution is 7.89. The van der Waals surface area contributed by atoms with Crippen molar-refractivity contribution in [3.8, 4) is 17.6 Å². The van der Waals surface area contributed by atoms with Gasteiger partial charge in [0.05, 0.1) is 22.5 Å². The van der Waals surface area contributed by atoms with Gasteiger partial charge in [-0.25, -0.2) is 13.4 Å². The zero-order valence-corrected chi connectivity index (χ0v) is 19.1. The Morgan fingerprint density at radius 3 is 2.56 bits per heavy atom. The van der Waals surface area contributed by atoms with Crippen LogP contribution in [0, 0.1) is 11.3 Å². The van der Waals surface area contributed by atoms with Gasteiger partial charge in [0.15, 0.2) is 17.3 Å². The van der Waals surface area contributed by atoms with Crippen molar-refractivity contribution in [1.29, 1.82) is 5.26 Å². The summed E-state index contributed by atoms with van der Waals surface area (Å²) in [5.74, 6) is 1.16. The van der Waals surface area contributed by atoms with Crippen molar-refractivity contribution in [2.45, 2.75) is 4.90 Å². The predicted octanol–water partition coefficient (Wildman–Crippen LogP) is 2.13. The third-order valence-corrected chi connectivity index (χ3v) is 7.78. The first-order valence-electron chi connectivity index (χ1n) is 10.9. The molecule has 2 N–H and O–H groups in total. The van der Waals surface area contributed by atoms with Gasteiger partial charge in [-0.2, -0.15) is 9.57 Å². The van der Waals surface area contributed by atoms with Crippen LogP contribution in [0.3, 0.4) is 0 Å². The number of sulfonamides is 1. The molecule has 0 unspecified atom stereocenters. The topological polar surface area (TPSA) is 132 Å². The van der Waals surface area contributed by atoms with Crippen molar-refractivity contribution in [2.24, 2.45) is 0 Å². The maximum Gasteiger partial charge on any atom is 0.243 e. The monoisotopic (exact) mass is 481 g/mol. The van der Waals surface area contributed by atoms with Crippen molar-refractivity contribution in [3.63, 3.8) is 0 Å². The van der Waals surface area contributed by atoms with E-state index in [1.165, 1.54) is 16.4 Å². The van der Waals surface area contributed by atoms with Crippen LogP contribution in [0.1, 0.15) is 5.82 Å². The van der Waals surface area contributed by atoms with Crippen molar-refractivity contribution in [2.75, 3.05) is 45.9 Å². The van der Waals surface area contributed by atoms with E-state index < -0.39 is 10.0 Å². The van der Waals surface area contributed by atoms with Crippen LogP contribution in [-0.4, -0.2) is 78.6 Å². The van der Waals surface area contributed by atoms with Gasteiger partial charge >= 0.3 is 0 Å². The summed E-state index contributed by atoms with van der Waals surface area (Å²) in [4.78, 5) is 9.51. The van der Waals surface area contributed by atoms with Crippen LogP contribution in [0.25, 0.3) is 16.6 Å². The summed E-state index contributed by atoms with van der Waals surface area (Å²) in [5.41, 5.74) is 1.55. The second-order valence-electron chi connectivity index (χ2n) is 8.02. The first kappa shape index (κ1) is 22.2. The minimum Gasteiger partial charge on any atom is -0.509 e. The lowest BCUT2D eigenvalue weighted by Crippen LogP contribution is -2.49. The number of nitrogens with zero attached hydrogens (tertiary/aromatic N) is 4. The Hall–Kier alpha value is -3.59. The molecule has 2 aliphatic rings. The Morgan fingerprint density at radius 2 is 1.82 bits per heavy atom. The number of hydrogen-bond acceptors (Lipinski definition) is 8. The summed E-state index contributed by atoms with van der Waals surface area (Å²) in [6.45, 7) is 2.28. The van der Waals surface area contributed by atoms with Gasteiger partial charge in [-0.05, 0) is 24.3 Å². The molecule has 0 spiro atoms. The van der Waals surface area contributed by atoms with E-state index in [0.29, 0.717) is 49.1 Å². The average molecular weight is 482 g/mol. The van der Waals surface area contributed by atoms with Crippen molar-refractivity contribution in [3.05, 3.63) is 54.0 Å². The quantitative estimate of drug-likeness (QED) is 0.419. The molecule has 0 saturated carbocycles. The second-order valence-corrected chi connectivity index (χ2v) is 9.96. The largest absolute Gasteiger partial charge is 0.509 e. The molecule has 34 heavy (non-hydrogen) atoms. The Kier molecular flexibility index (Phi) is 5.87. The Balaban J connectivity index is 1.27. The number of aliphatic hydroxyl groups excluding tert-OH is 1. The third-order valence-electron chi connectivity index (χ3n) is 5.88. The third kappa shape index (κ3) is 4.19. The molecule has 3 heterocycles. The van der Waals surface area contributed by atoms with Crippen LogP contribution in [0.4, 0.5) is 0 Å². The zero-order chi connectivity index (χ0) is 23.7. The molecule has 0 bridgehead atoms. The summed E-state index contributed by atoms with van der Waals surface area (Å²) in [5, 5.41) is 20.3. The number of benzene rings is 2. The fourth-order valence-corrected chi connectivity index (χ4v) is 5.52. The summed E-state index contributed by atoms with van der Waals surface area (Å²) < 4.78 is 38.6. The number of rotatable bonds is 5. The molecule has 1 fully saturated rings. The number of aliphatic hydroxyl groups is 1. The summed E-state index contributed by atoms with van der Waals surface area (Å²) in [6, 6.07) is 14.0. The number of nitriles is 1. The first-order valence-corrected chi connectivity index (χ1v) is 12.3. The lowest BCUT2D eigenvalue weighted by atomic mass is 10.2. The number of hydrogen-bond donors (Lipinski definition) is 2. The number of ether oxygens (including phenoxy) is 2. The number of H-pyrrole nitrogens is 1. The molecule has 1 aromatic heterocycles. The van der Waals surface area contributed by atoms with Crippen molar-refractivity contribution >= 4 is 26.6 Å². The van der Waals surface area contributed by atoms with E-state index in [0.717, 1.165) is 5.52 Å². The molecule has 10 nitrogen and oxygen atoms in total. The molecule has 3 aromatic rings. The molecule has 5 rings (SSSR count). The number of allylic oxidation sites excluding steroid dienone is 1. The highest BCUT2D eigenvalue weighted by Gasteiger charge is 2.30. The predicted molar refractivity (Wildman–Crippen MR) is 124 cm³/mol. The Labute approximate surface area is 196 Å². The molecule has 0 amide bonds. The number of para-hydroxylation sites is 2. The maximum absolute atomic E-state index is 13.1. The smallest absolute Gasteiger partial charge is 0.243 e. The minimum absolute atomic E-state index is 0.0718. The number of nitrogens with one attached hydrogen (secondary N) is 1. The number of piperazine rings is 1. The standard InChI is InChI=1S/C23H23N5O5S/c24-14-17(23-25-18-3-1-2-4-19(18)26-23)20(29)15-27-7-9-28(10-8-27)34(30,31)16-5-6-21-22(13-16)33-12-11-32-21/h1-6,13,29H,7-12,15H2,(H,25,26). The molecule has 0 atom stereocenters. The number of aromatic nitrogens is 2. The van der Waals surface area contributed by atoms with Crippen LogP contribution < -0.4 is 9.47 Å². The molecule has 176 valence electrons. The van der Waals surface area contributed by atoms with Crippen LogP contribution in [-0.2, 0) is 10.0 Å². The van der Waals surface area contributed by atoms with E-state index in [9.17, 15) is 18.8 Å². The van der Waals surface area contributed by atoms with Gasteiger partial charge in [-0.15, -0.1) is 0 Å². The van der Waals surface area contributed by atoms with Gasteiger partial charge in [0.2, 0.25) is 10.0 Å². The average Bonchev–Trinajstić information content (AvgIpc) is 3.28. The van der Waals surface area contributed by atoms with Gasteiger partial charge < -0.3 is 19.6 Å². The van der Waals surface area contributed by atoms with E-state index in [1.807, 2.05) is 35.2 Å². The first-order chi connectivity index (χ1) is 16.5. The molecule has 2 aromatic carbocycles. The second kappa shape index (κ2) is 8.98. The van der Waals surface area contributed by atoms with E-state index in [4.69, 9.17) is 9.47 Å². The molecule has 2 aliphatic heterocycles. The van der Waals surface area contributed by atoms with Gasteiger partial charge in [0, 0.05) is 32.2 Å². The molecule has 0 radical (unpaired) electrons. The highest BCUT2D eigenvalue weighted by Crippen LogP contribution is 2.33. The van der Waals surface area contributed by atoms with Crippen LogP contribution in [0.2, 0.25) is 0 Å². The van der Waals surface area contributed by atoms with Gasteiger partial charge in [0.1, 0.15) is 30.6 Å². The SMILES string of the molecule is N#CC(=C(O)CN1CCN(S(=O)(=O)c2ccc3c(c2)OCCO3)CC1)c1nc2ccccc2[nH]1. The molecule has 1 saturated heterocycles. The van der Waals surface area contributed by atoms with E-state index in [2.05, 4.69) is 9.97 Å². The lowest BCUT2D eigenvalue weighted by Gasteiger charge is -2.34. The summed E-state index contributed by atoms with van der Waals surface area (Å²) in [7, 11) is -3.70. The van der Waals surface area contributed by atoms with Crippen LogP contribution in [0.5, 0.6) is 11.5 Å². The van der Waals surface area contributed by atoms with Crippen molar-refractivity contribution < 1.29 is 23.0 Å². The highest BCUT2D eigenvalue weighted by atomic mass is 32.2. The fraction of sp³-hybridized carbons (Fsp3) is 0.304. The van der Waals surface area contributed by atoms with Crippen molar-refractivity contribution in [1.82, 2.24) is 19.2 Å². The minimum atomic E-state index is -3.70. The number of aromatic amines is 1. The molecule has 0 aliphatic carbocycles. The summed E-state index contributed by atoms with van der Waals surface area (Å²) >= 11 is 0. The van der Waals surface area contributed by atoms with E-state index >= 15 is 0 Å². The van der Waals surface area contributed by atoms with Crippen LogP contribution in [0.15, 0.2) is 53.1 Å². The zero-order valence-electron chi connectivity index (χ0n) is 18.3. The van der Waals surface area contributed by atoms with E-state index in [-0.39, 0.29) is 35.9 Å².